The quantitative estimate of drug-likeness (QED) is 0.786. The Balaban J connectivity index is 1.35. The van der Waals surface area contributed by atoms with Crippen LogP contribution in [0.2, 0.25) is 0 Å². The standard InChI is InChI=1S/C21H28N6O2/c1-16-11-24-18(12-23-16)13-27-15-21(4-3-19(27)28)5-8-25(9-6-21)20(29)14-26-10-7-22-17(26)2/h7,10-12H,3-6,8-9,13-15H2,1-2H3. The van der Waals surface area contributed by atoms with Crippen molar-refractivity contribution in [2.24, 2.45) is 5.41 Å². The highest BCUT2D eigenvalue weighted by atomic mass is 16.2. The van der Waals surface area contributed by atoms with E-state index in [-0.39, 0.29) is 17.2 Å². The van der Waals surface area contributed by atoms with Gasteiger partial charge in [0, 0.05) is 44.6 Å². The lowest BCUT2D eigenvalue weighted by Crippen LogP contribution is -2.52. The van der Waals surface area contributed by atoms with Crippen molar-refractivity contribution in [1.29, 1.82) is 0 Å². The van der Waals surface area contributed by atoms with Crippen LogP contribution in [-0.4, -0.2) is 60.8 Å². The Morgan fingerprint density at radius 3 is 2.55 bits per heavy atom. The molecule has 0 aromatic carbocycles. The third-order valence-electron chi connectivity index (χ3n) is 6.34. The maximum atomic E-state index is 12.7. The Morgan fingerprint density at radius 1 is 1.10 bits per heavy atom. The van der Waals surface area contributed by atoms with Gasteiger partial charge in [0.15, 0.2) is 0 Å². The average Bonchev–Trinajstić information content (AvgIpc) is 3.12. The number of aryl methyl sites for hydroxylation is 2. The molecular formula is C21H28N6O2. The lowest BCUT2D eigenvalue weighted by Gasteiger charge is -2.47. The predicted molar refractivity (Wildman–Crippen MR) is 107 cm³/mol. The molecule has 2 aromatic heterocycles. The van der Waals surface area contributed by atoms with Gasteiger partial charge in [0.25, 0.3) is 0 Å². The molecule has 2 aliphatic heterocycles. The second-order valence-electron chi connectivity index (χ2n) is 8.38. The average molecular weight is 396 g/mol. The molecule has 0 radical (unpaired) electrons. The largest absolute Gasteiger partial charge is 0.341 e. The fraction of sp³-hybridized carbons (Fsp3) is 0.571. The van der Waals surface area contributed by atoms with Crippen molar-refractivity contribution in [3.63, 3.8) is 0 Å². The molecule has 0 atom stereocenters. The van der Waals surface area contributed by atoms with Crippen LogP contribution in [0.4, 0.5) is 0 Å². The second kappa shape index (κ2) is 7.93. The van der Waals surface area contributed by atoms with E-state index in [1.54, 1.807) is 18.6 Å². The van der Waals surface area contributed by atoms with E-state index in [1.165, 1.54) is 0 Å². The van der Waals surface area contributed by atoms with Crippen LogP contribution in [0.15, 0.2) is 24.8 Å². The van der Waals surface area contributed by atoms with Gasteiger partial charge in [-0.2, -0.15) is 0 Å². The molecule has 29 heavy (non-hydrogen) atoms. The topological polar surface area (TPSA) is 84.2 Å². The number of imidazole rings is 1. The lowest BCUT2D eigenvalue weighted by atomic mass is 9.72. The van der Waals surface area contributed by atoms with Gasteiger partial charge in [-0.25, -0.2) is 4.98 Å². The van der Waals surface area contributed by atoms with E-state index >= 15 is 0 Å². The summed E-state index contributed by atoms with van der Waals surface area (Å²) in [6.45, 7) is 6.90. The minimum Gasteiger partial charge on any atom is -0.341 e. The van der Waals surface area contributed by atoms with E-state index in [0.717, 1.165) is 56.1 Å². The summed E-state index contributed by atoms with van der Waals surface area (Å²) in [5.74, 6) is 1.18. The molecule has 2 amide bonds. The van der Waals surface area contributed by atoms with Crippen molar-refractivity contribution in [2.75, 3.05) is 19.6 Å². The van der Waals surface area contributed by atoms with E-state index in [1.807, 2.05) is 34.4 Å². The number of hydrogen-bond acceptors (Lipinski definition) is 5. The molecule has 0 aliphatic carbocycles. The molecule has 8 nitrogen and oxygen atoms in total. The Labute approximate surface area is 171 Å². The van der Waals surface area contributed by atoms with Crippen LogP contribution in [0.5, 0.6) is 0 Å². The van der Waals surface area contributed by atoms with Crippen LogP contribution in [0.1, 0.15) is 42.9 Å². The van der Waals surface area contributed by atoms with Gasteiger partial charge < -0.3 is 14.4 Å². The molecule has 2 aromatic rings. The minimum absolute atomic E-state index is 0.105. The molecule has 2 aliphatic rings. The predicted octanol–water partition coefficient (Wildman–Crippen LogP) is 1.72. The maximum Gasteiger partial charge on any atom is 0.242 e. The normalized spacial score (nSPS) is 19.0. The molecule has 2 fully saturated rings. The second-order valence-corrected chi connectivity index (χ2v) is 8.38. The number of nitrogens with zero attached hydrogens (tertiary/aromatic N) is 6. The van der Waals surface area contributed by atoms with Crippen LogP contribution in [-0.2, 0) is 22.7 Å². The van der Waals surface area contributed by atoms with Gasteiger partial charge in [-0.3, -0.25) is 19.6 Å². The highest BCUT2D eigenvalue weighted by molar-refractivity contribution is 5.77. The number of aromatic nitrogens is 4. The molecule has 4 heterocycles. The number of likely N-dealkylation sites (tertiary alicyclic amines) is 2. The van der Waals surface area contributed by atoms with Crippen LogP contribution >= 0.6 is 0 Å². The number of carbonyl (C=O) groups excluding carboxylic acids is 2. The molecule has 4 rings (SSSR count). The number of piperidine rings is 2. The first-order chi connectivity index (χ1) is 13.9. The SMILES string of the molecule is Cc1cnc(CN2CC3(CCC2=O)CCN(C(=O)Cn2ccnc2C)CC3)cn1. The Morgan fingerprint density at radius 2 is 1.90 bits per heavy atom. The summed E-state index contributed by atoms with van der Waals surface area (Å²) in [6, 6.07) is 0. The van der Waals surface area contributed by atoms with Crippen LogP contribution in [0, 0.1) is 19.3 Å². The van der Waals surface area contributed by atoms with Crippen molar-refractivity contribution in [3.05, 3.63) is 42.0 Å². The number of rotatable bonds is 4. The first-order valence-corrected chi connectivity index (χ1v) is 10.2. The molecule has 0 bridgehead atoms. The van der Waals surface area contributed by atoms with E-state index in [4.69, 9.17) is 0 Å². The van der Waals surface area contributed by atoms with E-state index in [9.17, 15) is 9.59 Å². The molecule has 0 unspecified atom stereocenters. The number of carbonyl (C=O) groups is 2. The van der Waals surface area contributed by atoms with Crippen LogP contribution in [0.25, 0.3) is 0 Å². The molecule has 0 saturated carbocycles. The summed E-state index contributed by atoms with van der Waals surface area (Å²) in [5.41, 5.74) is 1.80. The summed E-state index contributed by atoms with van der Waals surface area (Å²) >= 11 is 0. The lowest BCUT2D eigenvalue weighted by molar-refractivity contribution is -0.143. The van der Waals surface area contributed by atoms with Gasteiger partial charge in [-0.15, -0.1) is 0 Å². The molecular weight excluding hydrogens is 368 g/mol. The molecule has 0 N–H and O–H groups in total. The Bertz CT molecular complexity index is 883. The fourth-order valence-electron chi connectivity index (χ4n) is 4.40. The summed E-state index contributed by atoms with van der Waals surface area (Å²) in [5, 5.41) is 0. The minimum atomic E-state index is 0.105. The summed E-state index contributed by atoms with van der Waals surface area (Å²) in [7, 11) is 0. The Hall–Kier alpha value is -2.77. The van der Waals surface area contributed by atoms with Gasteiger partial charge >= 0.3 is 0 Å². The molecule has 1 spiro atoms. The zero-order valence-corrected chi connectivity index (χ0v) is 17.2. The number of hydrogen-bond donors (Lipinski definition) is 0. The van der Waals surface area contributed by atoms with Crippen molar-refractivity contribution >= 4 is 11.8 Å². The van der Waals surface area contributed by atoms with Crippen molar-refractivity contribution in [2.45, 2.75) is 52.6 Å². The zero-order chi connectivity index (χ0) is 20.4. The zero-order valence-electron chi connectivity index (χ0n) is 17.2. The van der Waals surface area contributed by atoms with Gasteiger partial charge in [0.05, 0.1) is 24.1 Å². The van der Waals surface area contributed by atoms with E-state index in [2.05, 4.69) is 15.0 Å². The van der Waals surface area contributed by atoms with E-state index in [0.29, 0.717) is 19.5 Å². The van der Waals surface area contributed by atoms with Crippen molar-refractivity contribution < 1.29 is 9.59 Å². The monoisotopic (exact) mass is 396 g/mol. The summed E-state index contributed by atoms with van der Waals surface area (Å²) in [6.07, 6.45) is 10.4. The van der Waals surface area contributed by atoms with Gasteiger partial charge in [-0.1, -0.05) is 0 Å². The fourth-order valence-corrected chi connectivity index (χ4v) is 4.40. The maximum absolute atomic E-state index is 12.7. The van der Waals surface area contributed by atoms with Crippen molar-refractivity contribution in [1.82, 2.24) is 29.3 Å². The third-order valence-corrected chi connectivity index (χ3v) is 6.34. The van der Waals surface area contributed by atoms with Gasteiger partial charge in [0.2, 0.25) is 11.8 Å². The summed E-state index contributed by atoms with van der Waals surface area (Å²) < 4.78 is 1.89. The third kappa shape index (κ3) is 4.31. The smallest absolute Gasteiger partial charge is 0.242 e. The highest BCUT2D eigenvalue weighted by Gasteiger charge is 2.41. The van der Waals surface area contributed by atoms with Gasteiger partial charge in [0.1, 0.15) is 12.4 Å². The molecule has 2 saturated heterocycles. The van der Waals surface area contributed by atoms with E-state index < -0.39 is 0 Å². The first-order valence-electron chi connectivity index (χ1n) is 10.2. The molecule has 154 valence electrons. The van der Waals surface area contributed by atoms with Gasteiger partial charge in [-0.05, 0) is 38.5 Å². The van der Waals surface area contributed by atoms with Crippen LogP contribution in [0.3, 0.4) is 0 Å². The summed E-state index contributed by atoms with van der Waals surface area (Å²) in [4.78, 5) is 41.9. The first kappa shape index (κ1) is 19.5. The molecule has 8 heteroatoms. The highest BCUT2D eigenvalue weighted by Crippen LogP contribution is 2.40. The van der Waals surface area contributed by atoms with Crippen molar-refractivity contribution in [3.8, 4) is 0 Å². The van der Waals surface area contributed by atoms with Crippen LogP contribution < -0.4 is 0 Å². The Kier molecular flexibility index (Phi) is 5.34. The number of amides is 2.